The van der Waals surface area contributed by atoms with Gasteiger partial charge in [-0.1, -0.05) is 0 Å². The first kappa shape index (κ1) is 8.79. The molecule has 0 aliphatic carbocycles. The molecule has 1 aromatic heterocycles. The fourth-order valence-corrected chi connectivity index (χ4v) is 2.89. The molecule has 0 bridgehead atoms. The van der Waals surface area contributed by atoms with Gasteiger partial charge in [0.05, 0.1) is 0 Å². The van der Waals surface area contributed by atoms with Gasteiger partial charge in [-0.25, -0.2) is 0 Å². The van der Waals surface area contributed by atoms with E-state index in [9.17, 15) is 0 Å². The van der Waals surface area contributed by atoms with Crippen LogP contribution in [0.4, 0.5) is 0 Å². The Balaban J connectivity index is 2.56. The Kier molecular flexibility index (Phi) is 2.38. The molecule has 2 aromatic rings. The summed E-state index contributed by atoms with van der Waals surface area (Å²) in [5.74, 6) is 0.969. The number of fused-ring (bicyclic) bond motifs is 1. The monoisotopic (exact) mass is 241 g/mol. The van der Waals surface area contributed by atoms with E-state index in [1.807, 2.05) is 18.1 Å². The van der Waals surface area contributed by atoms with E-state index in [0.717, 1.165) is 11.3 Å². The van der Waals surface area contributed by atoms with E-state index in [0.29, 0.717) is 21.1 Å². The van der Waals surface area contributed by atoms with E-state index in [4.69, 9.17) is 4.74 Å². The zero-order valence-corrected chi connectivity index (χ0v) is 9.42. The molecule has 0 aliphatic heterocycles. The van der Waals surface area contributed by atoms with Crippen LogP contribution >= 0.6 is 0 Å². The zero-order valence-electron chi connectivity index (χ0n) is 7.70. The van der Waals surface area contributed by atoms with Gasteiger partial charge in [0.15, 0.2) is 0 Å². The average molecular weight is 240 g/mol. The van der Waals surface area contributed by atoms with Gasteiger partial charge in [0.1, 0.15) is 0 Å². The molecule has 68 valence electrons. The molecule has 0 atom stereocenters. The zero-order chi connectivity index (χ0) is 9.26. The van der Waals surface area contributed by atoms with Crippen molar-refractivity contribution in [2.24, 2.45) is 0 Å². The molecule has 0 unspecified atom stereocenters. The summed E-state index contributed by atoms with van der Waals surface area (Å²) in [5.41, 5.74) is 2.31. The van der Waals surface area contributed by atoms with Gasteiger partial charge in [-0.05, 0) is 0 Å². The number of benzene rings is 1. The van der Waals surface area contributed by atoms with Crippen molar-refractivity contribution < 1.29 is 4.74 Å². The Bertz CT molecular complexity index is 422. The molecule has 0 fully saturated rings. The Hall–Kier alpha value is -0.791. The molecule has 13 heavy (non-hydrogen) atoms. The summed E-state index contributed by atoms with van der Waals surface area (Å²) < 4.78 is 6.86. The fourth-order valence-electron chi connectivity index (χ4n) is 1.30. The van der Waals surface area contributed by atoms with E-state index in [2.05, 4.69) is 18.0 Å². The van der Waals surface area contributed by atoms with Crippen molar-refractivity contribution in [3.05, 3.63) is 22.8 Å². The van der Waals surface area contributed by atoms with Crippen LogP contribution in [0.1, 0.15) is 12.5 Å². The first-order chi connectivity index (χ1) is 6.31. The SMILES string of the molecule is CCOc1cc2nc[se]c2cc1C. The van der Waals surface area contributed by atoms with Gasteiger partial charge in [-0.3, -0.25) is 0 Å². The van der Waals surface area contributed by atoms with E-state index < -0.39 is 0 Å². The molecule has 0 aliphatic rings. The van der Waals surface area contributed by atoms with Crippen LogP contribution in [0.25, 0.3) is 9.78 Å². The number of nitrogens with zero attached hydrogens (tertiary/aromatic N) is 1. The molecular weight excluding hydrogens is 229 g/mol. The van der Waals surface area contributed by atoms with E-state index in [-0.39, 0.29) is 0 Å². The van der Waals surface area contributed by atoms with Crippen molar-refractivity contribution >= 4 is 24.3 Å². The maximum atomic E-state index is 5.49. The molecule has 0 saturated heterocycles. The molecular formula is C10H11NOSe. The van der Waals surface area contributed by atoms with Gasteiger partial charge >= 0.3 is 83.0 Å². The number of rotatable bonds is 2. The minimum atomic E-state index is 0.435. The molecule has 3 heteroatoms. The number of hydrogen-bond acceptors (Lipinski definition) is 2. The van der Waals surface area contributed by atoms with Gasteiger partial charge in [0.2, 0.25) is 0 Å². The number of hydrogen-bond donors (Lipinski definition) is 0. The van der Waals surface area contributed by atoms with Crippen LogP contribution in [0.2, 0.25) is 0 Å². The number of ether oxygens (including phenoxy) is 1. The average Bonchev–Trinajstić information content (AvgIpc) is 2.52. The minimum absolute atomic E-state index is 0.435. The summed E-state index contributed by atoms with van der Waals surface area (Å²) in [7, 11) is 0. The second kappa shape index (κ2) is 3.52. The summed E-state index contributed by atoms with van der Waals surface area (Å²) in [4.78, 5) is 4.31. The van der Waals surface area contributed by atoms with Crippen LogP contribution in [0.5, 0.6) is 5.75 Å². The third kappa shape index (κ3) is 1.62. The quantitative estimate of drug-likeness (QED) is 0.749. The number of aromatic nitrogens is 1. The van der Waals surface area contributed by atoms with Crippen LogP contribution in [0.3, 0.4) is 0 Å². The predicted octanol–water partition coefficient (Wildman–Crippen LogP) is 2.00. The van der Waals surface area contributed by atoms with Crippen molar-refractivity contribution in [3.63, 3.8) is 0 Å². The van der Waals surface area contributed by atoms with Crippen LogP contribution in [-0.2, 0) is 0 Å². The fraction of sp³-hybridized carbons (Fsp3) is 0.300. The molecule has 2 rings (SSSR count). The summed E-state index contributed by atoms with van der Waals surface area (Å²) in [6.07, 6.45) is 0. The van der Waals surface area contributed by atoms with E-state index >= 15 is 0 Å². The van der Waals surface area contributed by atoms with Gasteiger partial charge in [0.25, 0.3) is 0 Å². The molecule has 0 radical (unpaired) electrons. The molecule has 1 heterocycles. The Morgan fingerprint density at radius 1 is 1.46 bits per heavy atom. The van der Waals surface area contributed by atoms with Crippen molar-refractivity contribution in [2.45, 2.75) is 13.8 Å². The van der Waals surface area contributed by atoms with E-state index in [1.54, 1.807) is 0 Å². The summed E-state index contributed by atoms with van der Waals surface area (Å²) in [6.45, 7) is 4.80. The predicted molar refractivity (Wildman–Crippen MR) is 54.6 cm³/mol. The van der Waals surface area contributed by atoms with Gasteiger partial charge in [0, 0.05) is 0 Å². The van der Waals surface area contributed by atoms with Gasteiger partial charge < -0.3 is 0 Å². The van der Waals surface area contributed by atoms with Crippen LogP contribution in [0.15, 0.2) is 17.2 Å². The Labute approximate surface area is 83.3 Å². The second-order valence-corrected chi connectivity index (χ2v) is 4.73. The second-order valence-electron chi connectivity index (χ2n) is 2.87. The first-order valence-corrected chi connectivity index (χ1v) is 6.12. The third-order valence-electron chi connectivity index (χ3n) is 1.93. The van der Waals surface area contributed by atoms with Gasteiger partial charge in [-0.15, -0.1) is 0 Å². The van der Waals surface area contributed by atoms with Crippen LogP contribution < -0.4 is 4.74 Å². The molecule has 1 aromatic carbocycles. The molecule has 0 spiro atoms. The molecule has 0 saturated carbocycles. The van der Waals surface area contributed by atoms with Gasteiger partial charge in [-0.2, -0.15) is 0 Å². The molecule has 0 amide bonds. The van der Waals surface area contributed by atoms with Crippen molar-refractivity contribution in [3.8, 4) is 5.75 Å². The topological polar surface area (TPSA) is 22.1 Å². The molecule has 0 N–H and O–H groups in total. The first-order valence-electron chi connectivity index (χ1n) is 4.28. The van der Waals surface area contributed by atoms with E-state index in [1.165, 1.54) is 9.82 Å². The van der Waals surface area contributed by atoms with Crippen molar-refractivity contribution in [1.82, 2.24) is 4.98 Å². The summed E-state index contributed by atoms with van der Waals surface area (Å²) >= 11 is 0.435. The third-order valence-corrected chi connectivity index (χ3v) is 3.59. The van der Waals surface area contributed by atoms with Crippen molar-refractivity contribution in [2.75, 3.05) is 6.61 Å². The number of aryl methyl sites for hydroxylation is 1. The Morgan fingerprint density at radius 3 is 3.08 bits per heavy atom. The summed E-state index contributed by atoms with van der Waals surface area (Å²) in [5, 5.41) is 2.01. The molecule has 2 nitrogen and oxygen atoms in total. The van der Waals surface area contributed by atoms with Crippen LogP contribution in [0, 0.1) is 6.92 Å². The standard InChI is InChI=1S/C10H11NOSe/c1-3-12-9-5-8-10(4-7(9)2)13-6-11-8/h4-6H,3H2,1-2H3. The maximum absolute atomic E-state index is 5.49. The summed E-state index contributed by atoms with van der Waals surface area (Å²) in [6, 6.07) is 4.23. The normalized spacial score (nSPS) is 10.6. The van der Waals surface area contributed by atoms with Crippen LogP contribution in [-0.4, -0.2) is 26.1 Å². The Morgan fingerprint density at radius 2 is 2.31 bits per heavy atom. The van der Waals surface area contributed by atoms with Crippen molar-refractivity contribution in [1.29, 1.82) is 0 Å².